The highest BCUT2D eigenvalue weighted by atomic mass is 35.7. The molecule has 6 nitrogen and oxygen atoms in total. The van der Waals surface area contributed by atoms with Gasteiger partial charge < -0.3 is 14.4 Å². The van der Waals surface area contributed by atoms with Crippen molar-refractivity contribution in [2.45, 2.75) is 12.8 Å². The van der Waals surface area contributed by atoms with Crippen LogP contribution in [0, 0.1) is 0 Å². The highest BCUT2D eigenvalue weighted by molar-refractivity contribution is 8.13. The second kappa shape index (κ2) is 8.73. The summed E-state index contributed by atoms with van der Waals surface area (Å²) in [7, 11) is 1.56. The Bertz CT molecular complexity index is 1030. The molecule has 3 rings (SSSR count). The first-order valence-corrected chi connectivity index (χ1v) is 11.3. The molecule has 0 radical (unpaired) electrons. The molecule has 0 saturated carbocycles. The van der Waals surface area contributed by atoms with Gasteiger partial charge in [-0.15, -0.1) is 13.2 Å². The Hall–Kier alpha value is -2.46. The minimum atomic E-state index is -4.78. The molecular formula is C19H17ClF3NO5S. The molecule has 0 aromatic heterocycles. The van der Waals surface area contributed by atoms with Gasteiger partial charge in [-0.2, -0.15) is 0 Å². The number of carbonyl (C=O) groups excluding carboxylic acids is 1. The molecule has 2 aromatic carbocycles. The van der Waals surface area contributed by atoms with Gasteiger partial charge in [0.1, 0.15) is 18.1 Å². The number of fused-ring (bicyclic) bond motifs is 1. The fraction of sp³-hybridized carbons (Fsp3) is 0.316. The van der Waals surface area contributed by atoms with Crippen LogP contribution in [0.5, 0.6) is 11.5 Å². The van der Waals surface area contributed by atoms with Crippen LogP contribution in [0.15, 0.2) is 42.5 Å². The van der Waals surface area contributed by atoms with Gasteiger partial charge in [0.2, 0.25) is 9.05 Å². The van der Waals surface area contributed by atoms with E-state index < -0.39 is 15.4 Å². The molecule has 1 aliphatic heterocycles. The van der Waals surface area contributed by atoms with E-state index in [-0.39, 0.29) is 49.1 Å². The lowest BCUT2D eigenvalue weighted by molar-refractivity contribution is -0.274. The van der Waals surface area contributed by atoms with Crippen LogP contribution in [0.2, 0.25) is 0 Å². The number of ether oxygens (including phenoxy) is 2. The van der Waals surface area contributed by atoms with Crippen LogP contribution in [0.4, 0.5) is 13.2 Å². The molecule has 0 fully saturated rings. The third-order valence-electron chi connectivity index (χ3n) is 4.35. The Kier molecular flexibility index (Phi) is 6.47. The molecule has 0 bridgehead atoms. The Balaban J connectivity index is 1.80. The first-order valence-electron chi connectivity index (χ1n) is 8.86. The summed E-state index contributed by atoms with van der Waals surface area (Å²) in [6, 6.07) is 10.2. The molecule has 2 aromatic rings. The molecule has 0 spiro atoms. The normalized spacial score (nSPS) is 14.7. The van der Waals surface area contributed by atoms with Crippen molar-refractivity contribution in [2.75, 3.05) is 25.4 Å². The quantitative estimate of drug-likeness (QED) is 0.604. The van der Waals surface area contributed by atoms with Crippen molar-refractivity contribution < 1.29 is 35.9 Å². The van der Waals surface area contributed by atoms with Crippen LogP contribution >= 0.6 is 10.7 Å². The van der Waals surface area contributed by atoms with E-state index in [9.17, 15) is 26.4 Å². The number of benzene rings is 2. The SMILES string of the molecule is O=C1c2cc(-c3ccc(OC(F)(F)F)cc3)ccc2OCCN1CCCS(=O)(=O)Cl. The Morgan fingerprint density at radius 2 is 1.77 bits per heavy atom. The first-order chi connectivity index (χ1) is 14.0. The summed E-state index contributed by atoms with van der Waals surface area (Å²) >= 11 is 0. The van der Waals surface area contributed by atoms with Crippen molar-refractivity contribution in [1.82, 2.24) is 4.90 Å². The molecule has 0 aliphatic carbocycles. The lowest BCUT2D eigenvalue weighted by Gasteiger charge is -2.19. The van der Waals surface area contributed by atoms with E-state index in [1.165, 1.54) is 29.2 Å². The number of carbonyl (C=O) groups is 1. The van der Waals surface area contributed by atoms with Gasteiger partial charge in [-0.25, -0.2) is 8.42 Å². The summed E-state index contributed by atoms with van der Waals surface area (Å²) in [4.78, 5) is 14.4. The number of hydrogen-bond donors (Lipinski definition) is 0. The standard InChI is InChI=1S/C19H17ClF3NO5S/c20-30(26,27)11-1-8-24-9-10-28-17-7-4-14(12-16(17)18(24)25)13-2-5-15(6-3-13)29-19(21,22)23/h2-7,12H,1,8-11H2. The van der Waals surface area contributed by atoms with E-state index in [2.05, 4.69) is 4.74 Å². The molecule has 0 atom stereocenters. The maximum absolute atomic E-state index is 12.9. The predicted octanol–water partition coefficient (Wildman–Crippen LogP) is 4.05. The third kappa shape index (κ3) is 6.02. The zero-order valence-electron chi connectivity index (χ0n) is 15.5. The molecular weight excluding hydrogens is 447 g/mol. The number of hydrogen-bond acceptors (Lipinski definition) is 5. The van der Waals surface area contributed by atoms with E-state index in [0.717, 1.165) is 0 Å². The van der Waals surface area contributed by atoms with E-state index in [0.29, 0.717) is 16.9 Å². The molecule has 0 N–H and O–H groups in total. The van der Waals surface area contributed by atoms with Crippen molar-refractivity contribution in [3.63, 3.8) is 0 Å². The fourth-order valence-corrected chi connectivity index (χ4v) is 3.83. The molecule has 1 heterocycles. The second-order valence-electron chi connectivity index (χ2n) is 6.52. The summed E-state index contributed by atoms with van der Waals surface area (Å²) in [5.41, 5.74) is 1.48. The summed E-state index contributed by atoms with van der Waals surface area (Å²) < 4.78 is 68.6. The summed E-state index contributed by atoms with van der Waals surface area (Å²) in [6.07, 6.45) is -4.59. The van der Waals surface area contributed by atoms with Crippen molar-refractivity contribution in [2.24, 2.45) is 0 Å². The second-order valence-corrected chi connectivity index (χ2v) is 9.42. The Morgan fingerprint density at radius 3 is 2.40 bits per heavy atom. The van der Waals surface area contributed by atoms with Crippen LogP contribution in [0.3, 0.4) is 0 Å². The Labute approximate surface area is 175 Å². The van der Waals surface area contributed by atoms with Gasteiger partial charge in [-0.1, -0.05) is 18.2 Å². The first kappa shape index (κ1) is 22.2. The van der Waals surface area contributed by atoms with Crippen molar-refractivity contribution in [3.05, 3.63) is 48.0 Å². The minimum absolute atomic E-state index is 0.188. The summed E-state index contributed by atoms with van der Waals surface area (Å²) in [5, 5.41) is 0. The van der Waals surface area contributed by atoms with E-state index >= 15 is 0 Å². The van der Waals surface area contributed by atoms with E-state index in [1.807, 2.05) is 0 Å². The lowest BCUT2D eigenvalue weighted by Crippen LogP contribution is -2.34. The highest BCUT2D eigenvalue weighted by Gasteiger charge is 2.31. The van der Waals surface area contributed by atoms with Crippen molar-refractivity contribution >= 4 is 25.6 Å². The van der Waals surface area contributed by atoms with E-state index in [4.69, 9.17) is 15.4 Å². The summed E-state index contributed by atoms with van der Waals surface area (Å²) in [6.45, 7) is 0.727. The van der Waals surface area contributed by atoms with Gasteiger partial charge in [0.05, 0.1) is 17.9 Å². The molecule has 11 heteroatoms. The molecule has 1 aliphatic rings. The Morgan fingerprint density at radius 1 is 1.10 bits per heavy atom. The summed E-state index contributed by atoms with van der Waals surface area (Å²) in [5.74, 6) is -0.541. The van der Waals surface area contributed by atoms with Crippen molar-refractivity contribution in [3.8, 4) is 22.6 Å². The average molecular weight is 464 g/mol. The highest BCUT2D eigenvalue weighted by Crippen LogP contribution is 2.31. The zero-order chi connectivity index (χ0) is 21.9. The largest absolute Gasteiger partial charge is 0.573 e. The van der Waals surface area contributed by atoms with Crippen molar-refractivity contribution in [1.29, 1.82) is 0 Å². The number of alkyl halides is 3. The number of amides is 1. The van der Waals surface area contributed by atoms with Crippen LogP contribution < -0.4 is 9.47 Å². The van der Waals surface area contributed by atoms with Crippen LogP contribution in [0.1, 0.15) is 16.8 Å². The third-order valence-corrected chi connectivity index (χ3v) is 5.59. The molecule has 0 unspecified atom stereocenters. The van der Waals surface area contributed by atoms with Gasteiger partial charge in [0.25, 0.3) is 5.91 Å². The van der Waals surface area contributed by atoms with Gasteiger partial charge in [-0.3, -0.25) is 4.79 Å². The monoisotopic (exact) mass is 463 g/mol. The smallest absolute Gasteiger partial charge is 0.491 e. The topological polar surface area (TPSA) is 72.9 Å². The number of halogens is 4. The minimum Gasteiger partial charge on any atom is -0.491 e. The van der Waals surface area contributed by atoms with Crippen LogP contribution in [-0.4, -0.2) is 51.0 Å². The molecule has 1 amide bonds. The van der Waals surface area contributed by atoms with Gasteiger partial charge in [0.15, 0.2) is 0 Å². The van der Waals surface area contributed by atoms with Crippen LogP contribution in [0.25, 0.3) is 11.1 Å². The predicted molar refractivity (Wildman–Crippen MR) is 104 cm³/mol. The maximum Gasteiger partial charge on any atom is 0.573 e. The molecule has 162 valence electrons. The molecule has 30 heavy (non-hydrogen) atoms. The van der Waals surface area contributed by atoms with Gasteiger partial charge in [0, 0.05) is 17.2 Å². The lowest BCUT2D eigenvalue weighted by atomic mass is 10.0. The average Bonchev–Trinajstić information content (AvgIpc) is 2.79. The van der Waals surface area contributed by atoms with E-state index in [1.54, 1.807) is 18.2 Å². The zero-order valence-corrected chi connectivity index (χ0v) is 17.1. The molecule has 0 saturated heterocycles. The van der Waals surface area contributed by atoms with Crippen LogP contribution in [-0.2, 0) is 9.05 Å². The van der Waals surface area contributed by atoms with Gasteiger partial charge in [-0.05, 0) is 41.8 Å². The maximum atomic E-state index is 12.9. The fourth-order valence-electron chi connectivity index (χ4n) is 3.03. The van der Waals surface area contributed by atoms with Gasteiger partial charge >= 0.3 is 6.36 Å². The number of nitrogens with zero attached hydrogens (tertiary/aromatic N) is 1. The number of rotatable bonds is 6.